The molecule has 3 aromatic rings. The fourth-order valence-corrected chi connectivity index (χ4v) is 3.23. The second-order valence-corrected chi connectivity index (χ2v) is 7.23. The van der Waals surface area contributed by atoms with Gasteiger partial charge in [0.1, 0.15) is 0 Å². The van der Waals surface area contributed by atoms with Gasteiger partial charge < -0.3 is 16.0 Å². The van der Waals surface area contributed by atoms with E-state index in [9.17, 15) is 9.59 Å². The highest BCUT2D eigenvalue weighted by molar-refractivity contribution is 7.09. The van der Waals surface area contributed by atoms with E-state index in [1.54, 1.807) is 47.7 Å². The van der Waals surface area contributed by atoms with Gasteiger partial charge in [-0.25, -0.2) is 4.79 Å². The van der Waals surface area contributed by atoms with Gasteiger partial charge in [0.05, 0.1) is 23.7 Å². The van der Waals surface area contributed by atoms with Crippen molar-refractivity contribution >= 4 is 46.3 Å². The topological polar surface area (TPSA) is 70.2 Å². The largest absolute Gasteiger partial charge is 0.351 e. The molecule has 0 saturated heterocycles. The Morgan fingerprint density at radius 3 is 2.41 bits per heavy atom. The van der Waals surface area contributed by atoms with Crippen LogP contribution in [0.25, 0.3) is 0 Å². The lowest BCUT2D eigenvalue weighted by molar-refractivity contribution is -0.120. The van der Waals surface area contributed by atoms with Crippen molar-refractivity contribution in [2.75, 3.05) is 10.6 Å². The molecule has 0 fully saturated rings. The summed E-state index contributed by atoms with van der Waals surface area (Å²) in [5, 5.41) is 10.8. The van der Waals surface area contributed by atoms with Crippen molar-refractivity contribution in [3.8, 4) is 0 Å². The lowest BCUT2D eigenvalue weighted by Crippen LogP contribution is -2.24. The van der Waals surface area contributed by atoms with Gasteiger partial charge in [0, 0.05) is 10.6 Å². The predicted molar refractivity (Wildman–Crippen MR) is 110 cm³/mol. The number of benzene rings is 2. The quantitative estimate of drug-likeness (QED) is 0.551. The van der Waals surface area contributed by atoms with E-state index >= 15 is 0 Å². The zero-order valence-corrected chi connectivity index (χ0v) is 15.9. The number of hydrogen-bond acceptors (Lipinski definition) is 3. The summed E-state index contributed by atoms with van der Waals surface area (Å²) in [5.41, 5.74) is 2.04. The molecule has 5 nitrogen and oxygen atoms in total. The minimum absolute atomic E-state index is 0.0411. The minimum atomic E-state index is -0.385. The van der Waals surface area contributed by atoms with Gasteiger partial charge >= 0.3 is 6.03 Å². The molecular formula is C20H18ClN3O2S. The molecule has 138 valence electrons. The number of amides is 3. The van der Waals surface area contributed by atoms with Crippen LogP contribution in [-0.2, 0) is 17.8 Å². The second kappa shape index (κ2) is 9.21. The summed E-state index contributed by atoms with van der Waals surface area (Å²) < 4.78 is 0. The van der Waals surface area contributed by atoms with E-state index in [1.165, 1.54) is 0 Å². The summed E-state index contributed by atoms with van der Waals surface area (Å²) in [6.45, 7) is 0.540. The molecule has 0 radical (unpaired) electrons. The van der Waals surface area contributed by atoms with Crippen LogP contribution in [-0.4, -0.2) is 11.9 Å². The molecule has 1 heterocycles. The molecule has 0 aliphatic carbocycles. The average molecular weight is 400 g/mol. The summed E-state index contributed by atoms with van der Waals surface area (Å²) in [7, 11) is 0. The van der Waals surface area contributed by atoms with Gasteiger partial charge in [0.2, 0.25) is 5.91 Å². The summed E-state index contributed by atoms with van der Waals surface area (Å²) in [6, 6.07) is 17.7. The Morgan fingerprint density at radius 2 is 1.70 bits per heavy atom. The number of rotatable bonds is 6. The van der Waals surface area contributed by atoms with Crippen LogP contribution in [0.4, 0.5) is 16.2 Å². The zero-order chi connectivity index (χ0) is 19.1. The first kappa shape index (κ1) is 18.9. The molecule has 3 N–H and O–H groups in total. The molecule has 3 amide bonds. The van der Waals surface area contributed by atoms with E-state index in [1.807, 2.05) is 29.6 Å². The van der Waals surface area contributed by atoms with Gasteiger partial charge in [-0.2, -0.15) is 0 Å². The molecule has 0 spiro atoms. The highest BCUT2D eigenvalue weighted by Gasteiger charge is 2.07. The normalized spacial score (nSPS) is 10.3. The highest BCUT2D eigenvalue weighted by Crippen LogP contribution is 2.20. The van der Waals surface area contributed by atoms with E-state index in [-0.39, 0.29) is 18.4 Å². The van der Waals surface area contributed by atoms with E-state index < -0.39 is 0 Å². The smallest absolute Gasteiger partial charge is 0.323 e. The summed E-state index contributed by atoms with van der Waals surface area (Å²) in [5.74, 6) is -0.0411. The van der Waals surface area contributed by atoms with Gasteiger partial charge in [0.25, 0.3) is 0 Å². The molecule has 3 rings (SSSR count). The molecule has 0 aliphatic heterocycles. The van der Waals surface area contributed by atoms with Gasteiger partial charge in [-0.15, -0.1) is 11.3 Å². The standard InChI is InChI=1S/C20H18ClN3O2S/c21-17-5-1-2-6-18(17)24-20(26)23-15-9-7-14(8-10-15)12-19(25)22-13-16-4-3-11-27-16/h1-11H,12-13H2,(H,22,25)(H2,23,24,26). The summed E-state index contributed by atoms with van der Waals surface area (Å²) in [4.78, 5) is 25.2. The molecule has 0 atom stereocenters. The van der Waals surface area contributed by atoms with Crippen molar-refractivity contribution in [2.24, 2.45) is 0 Å². The number of urea groups is 1. The fraction of sp³-hybridized carbons (Fsp3) is 0.100. The van der Waals surface area contributed by atoms with Gasteiger partial charge in [0.15, 0.2) is 0 Å². The molecule has 27 heavy (non-hydrogen) atoms. The lowest BCUT2D eigenvalue weighted by Gasteiger charge is -2.09. The van der Waals surface area contributed by atoms with Crippen molar-refractivity contribution in [3.05, 3.63) is 81.5 Å². The summed E-state index contributed by atoms with van der Waals surface area (Å²) >= 11 is 7.63. The zero-order valence-electron chi connectivity index (χ0n) is 14.4. The SMILES string of the molecule is O=C(Cc1ccc(NC(=O)Nc2ccccc2Cl)cc1)NCc1cccs1. The maximum absolute atomic E-state index is 12.1. The number of thiophene rings is 1. The first-order valence-corrected chi connectivity index (χ1v) is 9.56. The number of para-hydroxylation sites is 1. The van der Waals surface area contributed by atoms with Crippen LogP contribution in [0.5, 0.6) is 0 Å². The van der Waals surface area contributed by atoms with Gasteiger partial charge in [-0.1, -0.05) is 41.9 Å². The maximum atomic E-state index is 12.1. The van der Waals surface area contributed by atoms with Crippen LogP contribution in [0.1, 0.15) is 10.4 Å². The molecular weight excluding hydrogens is 382 g/mol. The highest BCUT2D eigenvalue weighted by atomic mass is 35.5. The predicted octanol–water partition coefficient (Wildman–Crippen LogP) is 4.90. The molecule has 0 saturated carbocycles. The maximum Gasteiger partial charge on any atom is 0.323 e. The first-order valence-electron chi connectivity index (χ1n) is 8.31. The van der Waals surface area contributed by atoms with E-state index in [4.69, 9.17) is 11.6 Å². The van der Waals surface area contributed by atoms with Crippen LogP contribution in [0, 0.1) is 0 Å². The average Bonchev–Trinajstić information content (AvgIpc) is 3.17. The molecule has 0 aliphatic rings. The summed E-state index contributed by atoms with van der Waals surface area (Å²) in [6.07, 6.45) is 0.289. The number of anilines is 2. The Hall–Kier alpha value is -2.83. The number of carbonyl (C=O) groups excluding carboxylic acids is 2. The Morgan fingerprint density at radius 1 is 0.926 bits per heavy atom. The monoisotopic (exact) mass is 399 g/mol. The third kappa shape index (κ3) is 5.84. The van der Waals surface area contributed by atoms with Crippen LogP contribution in [0.3, 0.4) is 0 Å². The minimum Gasteiger partial charge on any atom is -0.351 e. The van der Waals surface area contributed by atoms with Gasteiger partial charge in [-0.05, 0) is 41.3 Å². The molecule has 7 heteroatoms. The van der Waals surface area contributed by atoms with E-state index in [2.05, 4.69) is 16.0 Å². The Bertz CT molecular complexity index is 911. The Balaban J connectivity index is 1.48. The lowest BCUT2D eigenvalue weighted by atomic mass is 10.1. The Labute approximate surface area is 166 Å². The van der Waals surface area contributed by atoms with Crippen molar-refractivity contribution in [1.82, 2.24) is 5.32 Å². The van der Waals surface area contributed by atoms with Crippen molar-refractivity contribution < 1.29 is 9.59 Å². The van der Waals surface area contributed by atoms with E-state index in [0.29, 0.717) is 22.9 Å². The third-order valence-corrected chi connectivity index (χ3v) is 4.94. The molecule has 0 bridgehead atoms. The molecule has 2 aromatic carbocycles. The molecule has 1 aromatic heterocycles. The van der Waals surface area contributed by atoms with Crippen LogP contribution in [0.15, 0.2) is 66.0 Å². The Kier molecular flexibility index (Phi) is 6.46. The van der Waals surface area contributed by atoms with E-state index in [0.717, 1.165) is 10.4 Å². The van der Waals surface area contributed by atoms with Crippen molar-refractivity contribution in [1.29, 1.82) is 0 Å². The van der Waals surface area contributed by atoms with Crippen LogP contribution >= 0.6 is 22.9 Å². The third-order valence-electron chi connectivity index (χ3n) is 3.74. The number of carbonyl (C=O) groups is 2. The number of nitrogens with one attached hydrogen (secondary N) is 3. The van der Waals surface area contributed by atoms with Crippen molar-refractivity contribution in [2.45, 2.75) is 13.0 Å². The molecule has 0 unspecified atom stereocenters. The van der Waals surface area contributed by atoms with Crippen LogP contribution < -0.4 is 16.0 Å². The fourth-order valence-electron chi connectivity index (χ4n) is 2.40. The van der Waals surface area contributed by atoms with Gasteiger partial charge in [-0.3, -0.25) is 4.79 Å². The number of hydrogen-bond donors (Lipinski definition) is 3. The van der Waals surface area contributed by atoms with Crippen molar-refractivity contribution in [3.63, 3.8) is 0 Å². The number of halogens is 1. The first-order chi connectivity index (χ1) is 13.1. The van der Waals surface area contributed by atoms with Crippen LogP contribution in [0.2, 0.25) is 5.02 Å². The second-order valence-electron chi connectivity index (χ2n) is 5.79.